The van der Waals surface area contributed by atoms with Crippen LogP contribution >= 0.6 is 0 Å². The fourth-order valence-electron chi connectivity index (χ4n) is 9.53. The maximum Gasteiger partial charge on any atom is 0.326 e. The lowest BCUT2D eigenvalue weighted by molar-refractivity contribution is -0.146. The molecule has 90 heavy (non-hydrogen) atoms. The first-order valence-electron chi connectivity index (χ1n) is 28.7. The fraction of sp³-hybridized carbons (Fsp3) is 0.544. The number of Topliss-reactive ketones (excluding diaryl/α,β-unsaturated/α-hetero) is 1. The number of hydrogen-bond donors (Lipinski definition) is 13. The molecule has 6 atom stereocenters. The minimum Gasteiger partial charge on any atom is -0.484 e. The number of rotatable bonds is 41. The average molecular weight is 1270 g/mol. The van der Waals surface area contributed by atoms with Crippen LogP contribution in [0.15, 0.2) is 54.6 Å². The summed E-state index contributed by atoms with van der Waals surface area (Å²) in [6, 6.07) is 8.42. The van der Waals surface area contributed by atoms with E-state index in [9.17, 15) is 103 Å². The van der Waals surface area contributed by atoms with Crippen molar-refractivity contribution in [2.45, 2.75) is 107 Å². The van der Waals surface area contributed by atoms with E-state index >= 15 is 0 Å². The molecule has 33 heteroatoms. The van der Waals surface area contributed by atoms with Gasteiger partial charge < -0.3 is 76.9 Å². The molecule has 1 aliphatic rings. The summed E-state index contributed by atoms with van der Waals surface area (Å²) in [5, 5.41) is 89.3. The van der Waals surface area contributed by atoms with Crippen LogP contribution in [-0.2, 0) is 79.9 Å². The molecule has 1 saturated heterocycles. The Balaban J connectivity index is 1.55. The van der Waals surface area contributed by atoms with Crippen molar-refractivity contribution in [2.24, 2.45) is 5.92 Å². The first-order valence-corrected chi connectivity index (χ1v) is 28.7. The number of benzene rings is 2. The lowest BCUT2D eigenvalue weighted by Crippen LogP contribution is -2.53. The highest BCUT2D eigenvalue weighted by molar-refractivity contribution is 5.90. The maximum absolute atomic E-state index is 13.4. The highest BCUT2D eigenvalue weighted by Crippen LogP contribution is 2.19. The van der Waals surface area contributed by atoms with E-state index in [2.05, 4.69) is 26.6 Å². The first-order chi connectivity index (χ1) is 42.7. The summed E-state index contributed by atoms with van der Waals surface area (Å²) in [5.41, 5.74) is 1.17. The molecule has 2 unspecified atom stereocenters. The number of ketones is 1. The second-order valence-corrected chi connectivity index (χ2v) is 21.0. The van der Waals surface area contributed by atoms with Crippen molar-refractivity contribution in [3.05, 3.63) is 65.7 Å². The summed E-state index contributed by atoms with van der Waals surface area (Å²) >= 11 is 0. The Morgan fingerprint density at radius 3 is 1.54 bits per heavy atom. The molecule has 0 spiro atoms. The van der Waals surface area contributed by atoms with Gasteiger partial charge in [-0.25, -0.2) is 9.59 Å². The van der Waals surface area contributed by atoms with Crippen LogP contribution in [0.3, 0.4) is 0 Å². The Morgan fingerprint density at radius 2 is 1.04 bits per heavy atom. The van der Waals surface area contributed by atoms with Crippen LogP contribution in [0.25, 0.3) is 0 Å². The van der Waals surface area contributed by atoms with E-state index in [1.165, 1.54) is 43.9 Å². The van der Waals surface area contributed by atoms with Gasteiger partial charge in [0.2, 0.25) is 11.8 Å². The molecule has 2 aromatic rings. The van der Waals surface area contributed by atoms with Crippen LogP contribution in [0.4, 0.5) is 4.79 Å². The van der Waals surface area contributed by atoms with E-state index < -0.39 is 172 Å². The molecule has 5 amide bonds. The number of hydrogen-bond acceptors (Lipinski definition) is 20. The second-order valence-electron chi connectivity index (χ2n) is 21.0. The van der Waals surface area contributed by atoms with Gasteiger partial charge in [-0.2, -0.15) is 0 Å². The number of carboxylic acid groups (broad SMARTS) is 8. The lowest BCUT2D eigenvalue weighted by Gasteiger charge is -2.36. The van der Waals surface area contributed by atoms with Crippen LogP contribution in [0.1, 0.15) is 75.3 Å². The molecule has 496 valence electrons. The molecule has 1 heterocycles. The van der Waals surface area contributed by atoms with E-state index in [1.807, 2.05) is 0 Å². The standard InChI is InChI=1S/C57H79N9O24/c67-35-90-47(62-57(88)61-41(54(82)83)13-17-48(71)72)8-4-5-19-58-52(79)42(29-36-6-2-1-3-7-36)60-46(70)34-89-40-11-9-37(10-12-40)28-38(53(80)81)30-39(68)31-59-45(69)16-14-43(55(84)85)65-24-20-63(32-50(75)76)22-26-66(44(56(86)87)15-18-49(73)74)27-23-64(21-25-65)33-51(77)78/h1-3,6-7,9-12,35,38,41-44,47H,4-5,8,13-34H2,(H,58,79)(H,59,69)(H,60,70)(H,71,72)(H,73,74)(H,75,76)(H,77,78)(H,80,81)(H,82,83)(H,84,85)(H,86,87)(H2,61,62,88)/t38-,41+,42+,43?,44?,47-/m1/s1. The van der Waals surface area contributed by atoms with Crippen molar-refractivity contribution in [3.63, 3.8) is 0 Å². The summed E-state index contributed by atoms with van der Waals surface area (Å²) in [4.78, 5) is 177. The number of unbranched alkanes of at least 4 members (excludes halogenated alkanes) is 1. The molecule has 0 radical (unpaired) electrons. The lowest BCUT2D eigenvalue weighted by atomic mass is 9.94. The molecule has 0 aliphatic carbocycles. The third-order valence-corrected chi connectivity index (χ3v) is 14.2. The number of nitrogens with one attached hydrogen (secondary N) is 5. The zero-order valence-corrected chi connectivity index (χ0v) is 49.3. The molecule has 1 fully saturated rings. The van der Waals surface area contributed by atoms with Gasteiger partial charge in [0.05, 0.1) is 25.6 Å². The van der Waals surface area contributed by atoms with Gasteiger partial charge in [0.15, 0.2) is 18.6 Å². The molecular weight excluding hydrogens is 1190 g/mol. The topological polar surface area (TPSA) is 492 Å². The summed E-state index contributed by atoms with van der Waals surface area (Å²) in [6.07, 6.45) is -3.59. The number of carbonyl (C=O) groups excluding carboxylic acids is 6. The van der Waals surface area contributed by atoms with Crippen molar-refractivity contribution < 1.29 is 117 Å². The van der Waals surface area contributed by atoms with E-state index in [0.29, 0.717) is 17.5 Å². The van der Waals surface area contributed by atoms with Gasteiger partial charge in [-0.05, 0) is 61.8 Å². The van der Waals surface area contributed by atoms with Gasteiger partial charge in [0.25, 0.3) is 12.4 Å². The Morgan fingerprint density at radius 1 is 0.511 bits per heavy atom. The Bertz CT molecular complexity index is 2720. The highest BCUT2D eigenvalue weighted by atomic mass is 16.5. The van der Waals surface area contributed by atoms with Crippen molar-refractivity contribution in [1.29, 1.82) is 0 Å². The van der Waals surface area contributed by atoms with Crippen molar-refractivity contribution in [2.75, 3.05) is 85.1 Å². The number of nitrogens with zero attached hydrogens (tertiary/aromatic N) is 4. The molecule has 1 aliphatic heterocycles. The monoisotopic (exact) mass is 1270 g/mol. The van der Waals surface area contributed by atoms with E-state index in [-0.39, 0.29) is 110 Å². The molecule has 2 aromatic carbocycles. The SMILES string of the molecule is O=CO[C@H](CCCCNC(=O)[C@H](Cc1ccccc1)NC(=O)COc1ccc(C[C@H](CC(=O)CNC(=O)CCC(C(=O)O)N2CCN(CC(=O)O)CCN(C(CCC(=O)O)C(=O)O)CCN(CC(=O)O)CC2)C(=O)O)cc1)NC(=O)N[C@@H](CCC(=O)O)C(=O)O. The molecule has 0 bridgehead atoms. The van der Waals surface area contributed by atoms with Gasteiger partial charge >= 0.3 is 53.8 Å². The van der Waals surface area contributed by atoms with Crippen LogP contribution in [0.5, 0.6) is 5.75 Å². The van der Waals surface area contributed by atoms with Gasteiger partial charge in [-0.1, -0.05) is 42.5 Å². The molecule has 13 N–H and O–H groups in total. The number of amides is 5. The number of carboxylic acids is 8. The van der Waals surface area contributed by atoms with Crippen molar-refractivity contribution in [3.8, 4) is 5.75 Å². The number of aliphatic carboxylic acids is 8. The molecule has 33 nitrogen and oxygen atoms in total. The number of carbonyl (C=O) groups is 14. The molecule has 0 saturated carbocycles. The number of ether oxygens (including phenoxy) is 2. The predicted octanol–water partition coefficient (Wildman–Crippen LogP) is -1.54. The summed E-state index contributed by atoms with van der Waals surface area (Å²) in [7, 11) is 0. The Labute approximate surface area is 516 Å². The van der Waals surface area contributed by atoms with Crippen LogP contribution in [-0.4, -0.2) is 260 Å². The summed E-state index contributed by atoms with van der Waals surface area (Å²) < 4.78 is 10.5. The zero-order chi connectivity index (χ0) is 66.7. The summed E-state index contributed by atoms with van der Waals surface area (Å²) in [5.74, 6) is -14.2. The molecule has 0 aromatic heterocycles. The van der Waals surface area contributed by atoms with Crippen molar-refractivity contribution in [1.82, 2.24) is 46.2 Å². The minimum atomic E-state index is -1.53. The highest BCUT2D eigenvalue weighted by Gasteiger charge is 2.32. The largest absolute Gasteiger partial charge is 0.484 e. The third kappa shape index (κ3) is 30.5. The fourth-order valence-corrected chi connectivity index (χ4v) is 9.53. The van der Waals surface area contributed by atoms with Gasteiger partial charge in [0.1, 0.15) is 29.9 Å². The van der Waals surface area contributed by atoms with Gasteiger partial charge in [0, 0.05) is 97.4 Å². The normalized spacial score (nSPS) is 15.6. The van der Waals surface area contributed by atoms with E-state index in [0.717, 1.165) is 0 Å². The minimum absolute atomic E-state index is 0.0438. The zero-order valence-electron chi connectivity index (χ0n) is 49.3. The van der Waals surface area contributed by atoms with Gasteiger partial charge in [-0.3, -0.25) is 77.1 Å². The molecular formula is C57H79N9O24. The Hall–Kier alpha value is -9.34. The quantitative estimate of drug-likeness (QED) is 0.0204. The van der Waals surface area contributed by atoms with E-state index in [1.54, 1.807) is 30.3 Å². The van der Waals surface area contributed by atoms with Gasteiger partial charge in [-0.15, -0.1) is 0 Å². The van der Waals surface area contributed by atoms with Crippen molar-refractivity contribution >= 4 is 83.8 Å². The Kier molecular flexibility index (Phi) is 33.5. The number of urea groups is 1. The second kappa shape index (κ2) is 40.3. The first kappa shape index (κ1) is 74.9. The van der Waals surface area contributed by atoms with Crippen LogP contribution in [0.2, 0.25) is 0 Å². The van der Waals surface area contributed by atoms with E-state index in [4.69, 9.17) is 14.6 Å². The third-order valence-electron chi connectivity index (χ3n) is 14.2. The van der Waals surface area contributed by atoms with Crippen LogP contribution in [0, 0.1) is 5.92 Å². The van der Waals surface area contributed by atoms with Crippen LogP contribution < -0.4 is 31.3 Å². The average Bonchev–Trinajstić information content (AvgIpc) is 1.81. The summed E-state index contributed by atoms with van der Waals surface area (Å²) in [6.45, 7) is -2.57. The smallest absolute Gasteiger partial charge is 0.326 e. The predicted molar refractivity (Wildman–Crippen MR) is 309 cm³/mol. The molecule has 3 rings (SSSR count). The maximum atomic E-state index is 13.4.